The summed E-state index contributed by atoms with van der Waals surface area (Å²) in [5, 5.41) is 0.664. The Balaban J connectivity index is 2.10. The van der Waals surface area contributed by atoms with Crippen molar-refractivity contribution >= 4 is 11.6 Å². The Morgan fingerprint density at radius 1 is 0.833 bits per heavy atom. The van der Waals surface area contributed by atoms with Crippen molar-refractivity contribution in [2.45, 2.75) is 5.92 Å². The normalized spacial score (nSPS) is 12.5. The molecular formula is C15H13ClN2. The van der Waals surface area contributed by atoms with Crippen molar-refractivity contribution in [3.05, 3.63) is 82.9 Å². The number of aromatic amines is 2. The van der Waals surface area contributed by atoms with Gasteiger partial charge in [0.05, 0.1) is 5.92 Å². The van der Waals surface area contributed by atoms with E-state index in [4.69, 9.17) is 11.6 Å². The molecule has 1 aromatic carbocycles. The number of hydrogen-bond donors (Lipinski definition) is 2. The fourth-order valence-corrected chi connectivity index (χ4v) is 2.42. The van der Waals surface area contributed by atoms with Gasteiger partial charge in [-0.3, -0.25) is 0 Å². The van der Waals surface area contributed by atoms with Crippen molar-refractivity contribution in [1.29, 1.82) is 0 Å². The highest BCUT2D eigenvalue weighted by Gasteiger charge is 2.18. The van der Waals surface area contributed by atoms with Gasteiger partial charge < -0.3 is 9.97 Å². The summed E-state index contributed by atoms with van der Waals surface area (Å²) < 4.78 is 0. The summed E-state index contributed by atoms with van der Waals surface area (Å²) in [6.45, 7) is 0. The maximum Gasteiger partial charge on any atom is 0.106 e. The maximum atomic E-state index is 5.99. The third-order valence-corrected chi connectivity index (χ3v) is 3.27. The van der Waals surface area contributed by atoms with Gasteiger partial charge in [-0.15, -0.1) is 0 Å². The Kier molecular flexibility index (Phi) is 2.95. The van der Waals surface area contributed by atoms with Gasteiger partial charge in [0.25, 0.3) is 0 Å². The van der Waals surface area contributed by atoms with E-state index < -0.39 is 0 Å². The SMILES string of the molecule is Clc1ccc(C(c2ccccc2)c2ccc[nH]2)[nH]1. The van der Waals surface area contributed by atoms with Crippen molar-refractivity contribution in [3.63, 3.8) is 0 Å². The zero-order valence-corrected chi connectivity index (χ0v) is 10.5. The molecule has 1 atom stereocenters. The lowest BCUT2D eigenvalue weighted by Gasteiger charge is -2.15. The molecule has 0 radical (unpaired) electrons. The summed E-state index contributed by atoms with van der Waals surface area (Å²) in [6.07, 6.45) is 1.94. The van der Waals surface area contributed by atoms with Gasteiger partial charge in [-0.1, -0.05) is 41.9 Å². The van der Waals surface area contributed by atoms with E-state index >= 15 is 0 Å². The molecule has 2 heterocycles. The molecule has 0 bridgehead atoms. The van der Waals surface area contributed by atoms with E-state index in [9.17, 15) is 0 Å². The molecule has 0 amide bonds. The predicted octanol–water partition coefficient (Wildman–Crippen LogP) is 4.18. The first-order valence-electron chi connectivity index (χ1n) is 5.87. The molecule has 0 spiro atoms. The summed E-state index contributed by atoms with van der Waals surface area (Å²) in [4.78, 5) is 6.49. The van der Waals surface area contributed by atoms with Crippen LogP contribution in [-0.4, -0.2) is 9.97 Å². The Labute approximate surface area is 111 Å². The van der Waals surface area contributed by atoms with Gasteiger partial charge >= 0.3 is 0 Å². The number of halogens is 1. The molecular weight excluding hydrogens is 244 g/mol. The third-order valence-electron chi connectivity index (χ3n) is 3.05. The first-order valence-corrected chi connectivity index (χ1v) is 6.25. The molecule has 1 unspecified atom stereocenters. The van der Waals surface area contributed by atoms with Crippen molar-refractivity contribution in [2.75, 3.05) is 0 Å². The monoisotopic (exact) mass is 256 g/mol. The van der Waals surface area contributed by atoms with Crippen LogP contribution in [0.3, 0.4) is 0 Å². The van der Waals surface area contributed by atoms with Crippen LogP contribution in [0.15, 0.2) is 60.8 Å². The predicted molar refractivity (Wildman–Crippen MR) is 74.0 cm³/mol. The van der Waals surface area contributed by atoms with Crippen LogP contribution in [0.2, 0.25) is 5.15 Å². The van der Waals surface area contributed by atoms with Gasteiger partial charge in [-0.25, -0.2) is 0 Å². The molecule has 3 heteroatoms. The lowest BCUT2D eigenvalue weighted by atomic mass is 9.93. The van der Waals surface area contributed by atoms with Crippen molar-refractivity contribution in [3.8, 4) is 0 Å². The van der Waals surface area contributed by atoms with Crippen LogP contribution in [0.25, 0.3) is 0 Å². The van der Waals surface area contributed by atoms with E-state index in [1.807, 2.05) is 30.5 Å². The van der Waals surface area contributed by atoms with Gasteiger partial charge in [0, 0.05) is 17.6 Å². The topological polar surface area (TPSA) is 31.6 Å². The standard InChI is InChI=1S/C15H13ClN2/c16-14-9-8-13(18-14)15(12-7-4-10-17-12)11-5-2-1-3-6-11/h1-10,15,17-18H. The lowest BCUT2D eigenvalue weighted by Crippen LogP contribution is -2.03. The molecule has 90 valence electrons. The van der Waals surface area contributed by atoms with Crippen molar-refractivity contribution in [1.82, 2.24) is 9.97 Å². The van der Waals surface area contributed by atoms with Crippen LogP contribution in [0.4, 0.5) is 0 Å². The molecule has 3 rings (SSSR count). The van der Waals surface area contributed by atoms with E-state index in [2.05, 4.69) is 40.3 Å². The second kappa shape index (κ2) is 4.75. The highest BCUT2D eigenvalue weighted by Crippen LogP contribution is 2.30. The molecule has 0 aliphatic rings. The second-order valence-electron chi connectivity index (χ2n) is 4.23. The van der Waals surface area contributed by atoms with Gasteiger partial charge in [-0.2, -0.15) is 0 Å². The Bertz CT molecular complexity index is 611. The number of aromatic nitrogens is 2. The van der Waals surface area contributed by atoms with Crippen LogP contribution in [0, 0.1) is 0 Å². The van der Waals surface area contributed by atoms with Crippen molar-refractivity contribution < 1.29 is 0 Å². The van der Waals surface area contributed by atoms with Crippen LogP contribution >= 0.6 is 11.6 Å². The number of H-pyrrole nitrogens is 2. The van der Waals surface area contributed by atoms with Gasteiger partial charge in [-0.05, 0) is 29.8 Å². The minimum Gasteiger partial charge on any atom is -0.364 e. The molecule has 0 saturated carbocycles. The zero-order valence-electron chi connectivity index (χ0n) is 9.73. The van der Waals surface area contributed by atoms with E-state index in [0.717, 1.165) is 11.4 Å². The average molecular weight is 257 g/mol. The van der Waals surface area contributed by atoms with E-state index in [1.54, 1.807) is 0 Å². The fourth-order valence-electron chi connectivity index (χ4n) is 2.25. The molecule has 0 fully saturated rings. The van der Waals surface area contributed by atoms with Crippen molar-refractivity contribution in [2.24, 2.45) is 0 Å². The molecule has 18 heavy (non-hydrogen) atoms. The highest BCUT2D eigenvalue weighted by atomic mass is 35.5. The van der Waals surface area contributed by atoms with Gasteiger partial charge in [0.1, 0.15) is 5.15 Å². The average Bonchev–Trinajstić information content (AvgIpc) is 3.04. The number of nitrogens with one attached hydrogen (secondary N) is 2. The van der Waals surface area contributed by atoms with Crippen LogP contribution in [0.5, 0.6) is 0 Å². The van der Waals surface area contributed by atoms with Gasteiger partial charge in [0.15, 0.2) is 0 Å². The summed E-state index contributed by atoms with van der Waals surface area (Å²) >= 11 is 5.99. The highest BCUT2D eigenvalue weighted by molar-refractivity contribution is 6.29. The summed E-state index contributed by atoms with van der Waals surface area (Å²) in [6, 6.07) is 18.4. The molecule has 0 saturated heterocycles. The summed E-state index contributed by atoms with van der Waals surface area (Å²) in [5.74, 6) is 0.161. The fraction of sp³-hybridized carbons (Fsp3) is 0.0667. The second-order valence-corrected chi connectivity index (χ2v) is 4.64. The maximum absolute atomic E-state index is 5.99. The van der Waals surface area contributed by atoms with E-state index in [0.29, 0.717) is 5.15 Å². The number of benzene rings is 1. The summed E-state index contributed by atoms with van der Waals surface area (Å²) in [7, 11) is 0. The number of hydrogen-bond acceptors (Lipinski definition) is 0. The van der Waals surface area contributed by atoms with Crippen LogP contribution in [-0.2, 0) is 0 Å². The first kappa shape index (κ1) is 11.2. The molecule has 2 N–H and O–H groups in total. The number of rotatable bonds is 3. The minimum atomic E-state index is 0.161. The smallest absolute Gasteiger partial charge is 0.106 e. The third kappa shape index (κ3) is 2.07. The van der Waals surface area contributed by atoms with E-state index in [1.165, 1.54) is 5.56 Å². The Morgan fingerprint density at radius 2 is 1.67 bits per heavy atom. The van der Waals surface area contributed by atoms with Crippen LogP contribution < -0.4 is 0 Å². The molecule has 0 aliphatic carbocycles. The Morgan fingerprint density at radius 3 is 2.28 bits per heavy atom. The lowest BCUT2D eigenvalue weighted by molar-refractivity contribution is 0.898. The quantitative estimate of drug-likeness (QED) is 0.705. The van der Waals surface area contributed by atoms with Gasteiger partial charge in [0.2, 0.25) is 0 Å². The molecule has 3 aromatic rings. The largest absolute Gasteiger partial charge is 0.364 e. The molecule has 2 aromatic heterocycles. The zero-order chi connectivity index (χ0) is 12.4. The van der Waals surface area contributed by atoms with Crippen LogP contribution in [0.1, 0.15) is 22.9 Å². The summed E-state index contributed by atoms with van der Waals surface area (Å²) in [5.41, 5.74) is 3.48. The van der Waals surface area contributed by atoms with E-state index in [-0.39, 0.29) is 5.92 Å². The molecule has 0 aliphatic heterocycles. The first-order chi connectivity index (χ1) is 8.84. The molecule has 2 nitrogen and oxygen atoms in total. The minimum absolute atomic E-state index is 0.161. The Hall–Kier alpha value is -1.93.